The molecule has 6 heterocycles. The standard InChI is InChI=1S/C23H24O6.C17H10F2O2.C17H12O8.C17H12O6.C15H10O2S/c1-13-9-15(11-18(25-3)22(13)27-5)21(17-7-8-20(24)29-17)16-10-14(2)23(28-6)19(12-16)26-4;18-13-7-3-1-5-11(13)17(15-9-10-16(20)21-15)12-6-2-4-8-14(12)19;18-9-3-7(4-10(19)16(9)23)15(13-1-2-14(22)25-13)8-5-11(20)17(24)12(21)6-8;18-11-3-1-9(7-13(11)20)17(15-5-6-16(22)23-15)10-2-4-12(19)14(21)8-10;16-14-7-6-13(17-14)15(12-8-9-18-10-12)11-4-2-1-3-5-11/h7-12H,1-6H3;1-10H;1-6,18-21,23-24H;1-8,18-21H;1-10H/b;;;;15-13-. The Labute approximate surface area is 663 Å². The molecule has 0 amide bonds. The van der Waals surface area contributed by atoms with Crippen molar-refractivity contribution < 1.29 is 126 Å². The molecule has 0 saturated heterocycles. The summed E-state index contributed by atoms with van der Waals surface area (Å²) in [6, 6.07) is 44.2. The van der Waals surface area contributed by atoms with Crippen molar-refractivity contribution >= 4 is 69.0 Å². The maximum absolute atomic E-state index is 14.1. The molecule has 0 fully saturated rings. The Morgan fingerprint density at radius 2 is 0.612 bits per heavy atom. The third-order valence-electron chi connectivity index (χ3n) is 17.4. The van der Waals surface area contributed by atoms with Gasteiger partial charge in [0.15, 0.2) is 80.5 Å². The zero-order valence-electron chi connectivity index (χ0n) is 61.9. The molecule has 15 rings (SSSR count). The van der Waals surface area contributed by atoms with Crippen molar-refractivity contribution in [2.24, 2.45) is 0 Å². The number of benzene rings is 9. The average molecular weight is 1590 g/mol. The van der Waals surface area contributed by atoms with Crippen LogP contribution < -0.4 is 18.9 Å². The quantitative estimate of drug-likeness (QED) is 0.0275. The second kappa shape index (κ2) is 36.1. The van der Waals surface area contributed by atoms with E-state index in [-0.39, 0.29) is 79.6 Å². The molecule has 5 aliphatic heterocycles. The summed E-state index contributed by atoms with van der Waals surface area (Å²) in [5.41, 5.74) is 9.49. The molecule has 116 heavy (non-hydrogen) atoms. The number of carbonyl (C=O) groups excluding carboxylic acids is 5. The number of allylic oxidation sites excluding steroid dienone is 5. The van der Waals surface area contributed by atoms with E-state index in [0.29, 0.717) is 51.2 Å². The van der Waals surface area contributed by atoms with Crippen LogP contribution >= 0.6 is 11.3 Å². The Hall–Kier alpha value is -15.5. The first-order valence-corrected chi connectivity index (χ1v) is 35.4. The first-order chi connectivity index (χ1) is 55.7. The highest BCUT2D eigenvalue weighted by Crippen LogP contribution is 2.47. The van der Waals surface area contributed by atoms with Gasteiger partial charge in [-0.05, 0) is 202 Å². The molecular formula is C89H68F2O24S. The van der Waals surface area contributed by atoms with Gasteiger partial charge >= 0.3 is 29.8 Å². The zero-order chi connectivity index (χ0) is 83.2. The van der Waals surface area contributed by atoms with Gasteiger partial charge in [-0.2, -0.15) is 11.3 Å². The van der Waals surface area contributed by atoms with Gasteiger partial charge < -0.3 is 93.7 Å². The summed E-state index contributed by atoms with van der Waals surface area (Å²) in [4.78, 5) is 57.0. The van der Waals surface area contributed by atoms with E-state index in [4.69, 9.17) is 42.6 Å². The number of hydrogen-bond acceptors (Lipinski definition) is 25. The third-order valence-corrected chi connectivity index (χ3v) is 18.1. The van der Waals surface area contributed by atoms with Gasteiger partial charge in [0.05, 0.1) is 28.4 Å². The Morgan fingerprint density at radius 3 is 0.914 bits per heavy atom. The van der Waals surface area contributed by atoms with Crippen LogP contribution in [-0.4, -0.2) is 109 Å². The molecule has 1 aromatic heterocycles. The lowest BCUT2D eigenvalue weighted by Gasteiger charge is -2.18. The van der Waals surface area contributed by atoms with Crippen molar-refractivity contribution in [3.8, 4) is 80.5 Å². The average Bonchev–Trinajstić information content (AvgIpc) is 1.30. The van der Waals surface area contributed by atoms with Crippen LogP contribution in [0.15, 0.2) is 270 Å². The minimum absolute atomic E-state index is 0.0129. The van der Waals surface area contributed by atoms with Crippen molar-refractivity contribution in [3.05, 3.63) is 349 Å². The molecule has 0 aliphatic carbocycles. The summed E-state index contributed by atoms with van der Waals surface area (Å²) in [7, 11) is 6.38. The largest absolute Gasteiger partial charge is 0.504 e. The van der Waals surface area contributed by atoms with Crippen LogP contribution in [0.25, 0.3) is 27.9 Å². The monoisotopic (exact) mass is 1590 g/mol. The SMILES string of the molecule is COc1cc(C(=C2C=CC(=O)O2)c2cc(C)c(OC)c(OC)c2)cc(C)c1OC.O=C1C=C/C(=C(\c2ccccc2)c2ccsc2)O1.O=C1C=CC(=C(c2cc(O)c(O)c(O)c2)c2cc(O)c(O)c(O)c2)O1.O=C1C=CC(=C(c2ccc(O)c(O)c2)c2ccc(O)c(O)c2)O1.O=C1C=CC(=C(c2ccccc2F)c2ccccc2F)O1. The molecule has 0 bridgehead atoms. The number of halogens is 2. The molecule has 0 saturated carbocycles. The van der Waals surface area contributed by atoms with Gasteiger partial charge in [0.25, 0.3) is 0 Å². The van der Waals surface area contributed by atoms with Gasteiger partial charge in [-0.15, -0.1) is 0 Å². The van der Waals surface area contributed by atoms with Gasteiger partial charge in [-0.25, -0.2) is 32.8 Å². The number of phenols is 10. The van der Waals surface area contributed by atoms with Gasteiger partial charge in [0, 0.05) is 69.4 Å². The predicted molar refractivity (Wildman–Crippen MR) is 421 cm³/mol. The van der Waals surface area contributed by atoms with E-state index in [0.717, 1.165) is 74.9 Å². The van der Waals surface area contributed by atoms with Gasteiger partial charge in [0.1, 0.15) is 40.4 Å². The number of carbonyl (C=O) groups is 5. The second-order valence-corrected chi connectivity index (χ2v) is 25.8. The van der Waals surface area contributed by atoms with E-state index in [1.165, 1.54) is 103 Å². The van der Waals surface area contributed by atoms with Gasteiger partial charge in [-0.1, -0.05) is 78.9 Å². The number of methoxy groups -OCH3 is 4. The molecule has 27 heteroatoms. The maximum Gasteiger partial charge on any atom is 0.336 e. The third kappa shape index (κ3) is 18.6. The van der Waals surface area contributed by atoms with E-state index in [2.05, 4.69) is 5.38 Å². The number of phenolic OH excluding ortho intramolecular Hbond substituents is 10. The predicted octanol–water partition coefficient (Wildman–Crippen LogP) is 15.8. The van der Waals surface area contributed by atoms with Crippen LogP contribution in [0.4, 0.5) is 8.78 Å². The number of rotatable bonds is 14. The van der Waals surface area contributed by atoms with Gasteiger partial charge in [0.2, 0.25) is 0 Å². The molecule has 0 radical (unpaired) electrons. The molecule has 588 valence electrons. The normalized spacial score (nSPS) is 13.6. The minimum atomic E-state index is -0.733. The number of hydrogen-bond donors (Lipinski definition) is 10. The Balaban J connectivity index is 0.000000144. The first kappa shape index (κ1) is 81.5. The number of aromatic hydroxyl groups is 10. The minimum Gasteiger partial charge on any atom is -0.504 e. The Bertz CT molecular complexity index is 5630. The van der Waals surface area contributed by atoms with Crippen molar-refractivity contribution in [1.29, 1.82) is 0 Å². The van der Waals surface area contributed by atoms with Crippen LogP contribution in [0, 0.1) is 25.5 Å². The summed E-state index contributed by atoms with van der Waals surface area (Å²) in [6.45, 7) is 3.87. The number of ether oxygens (including phenoxy) is 9. The van der Waals surface area contributed by atoms with Crippen LogP contribution in [0.1, 0.15) is 66.8 Å². The summed E-state index contributed by atoms with van der Waals surface area (Å²) < 4.78 is 76.0. The van der Waals surface area contributed by atoms with Crippen LogP contribution in [0.3, 0.4) is 0 Å². The number of thiophene rings is 1. The van der Waals surface area contributed by atoms with Crippen molar-refractivity contribution in [2.75, 3.05) is 28.4 Å². The highest BCUT2D eigenvalue weighted by molar-refractivity contribution is 7.08. The van der Waals surface area contributed by atoms with E-state index in [1.807, 2.05) is 79.9 Å². The van der Waals surface area contributed by atoms with Crippen molar-refractivity contribution in [3.63, 3.8) is 0 Å². The molecule has 5 aliphatic rings. The molecule has 0 unspecified atom stereocenters. The first-order valence-electron chi connectivity index (χ1n) is 34.5. The summed E-state index contributed by atoms with van der Waals surface area (Å²) >= 11 is 1.62. The zero-order valence-corrected chi connectivity index (χ0v) is 62.8. The number of aryl methyl sites for hydroxylation is 2. The maximum atomic E-state index is 14.1. The Kier molecular flexibility index (Phi) is 25.4. The van der Waals surface area contributed by atoms with E-state index < -0.39 is 70.0 Å². The van der Waals surface area contributed by atoms with Crippen LogP contribution in [-0.2, 0) is 47.7 Å². The Morgan fingerprint density at radius 1 is 0.302 bits per heavy atom. The van der Waals surface area contributed by atoms with E-state index >= 15 is 0 Å². The molecule has 24 nitrogen and oxygen atoms in total. The molecule has 10 aromatic rings. The molecule has 10 N–H and O–H groups in total. The fourth-order valence-corrected chi connectivity index (χ4v) is 12.9. The topological polar surface area (TPSA) is 371 Å². The van der Waals surface area contributed by atoms with Crippen molar-refractivity contribution in [2.45, 2.75) is 13.8 Å². The fraction of sp³-hybridized carbons (Fsp3) is 0.0674. The van der Waals surface area contributed by atoms with E-state index in [1.54, 1.807) is 76.2 Å². The molecule has 0 atom stereocenters. The van der Waals surface area contributed by atoms with Crippen molar-refractivity contribution in [1.82, 2.24) is 0 Å². The molecular weight excluding hydrogens is 1520 g/mol. The fourth-order valence-electron chi connectivity index (χ4n) is 12.3. The van der Waals surface area contributed by atoms with Crippen LogP contribution in [0.2, 0.25) is 0 Å². The summed E-state index contributed by atoms with van der Waals surface area (Å²) in [5, 5.41) is 100. The second-order valence-electron chi connectivity index (χ2n) is 25.0. The number of cyclic esters (lactones) is 5. The lowest BCUT2D eigenvalue weighted by Crippen LogP contribution is -2.02. The lowest BCUT2D eigenvalue weighted by atomic mass is 9.93. The highest BCUT2D eigenvalue weighted by Gasteiger charge is 2.28. The summed E-state index contributed by atoms with van der Waals surface area (Å²) in [6.07, 6.45) is 14.0. The lowest BCUT2D eigenvalue weighted by molar-refractivity contribution is -0.133. The highest BCUT2D eigenvalue weighted by atomic mass is 32.1. The van der Waals surface area contributed by atoms with Crippen LogP contribution in [0.5, 0.6) is 80.5 Å². The number of esters is 5. The smallest absolute Gasteiger partial charge is 0.336 e. The molecule has 9 aromatic carbocycles. The molecule has 0 spiro atoms. The van der Waals surface area contributed by atoms with Gasteiger partial charge in [-0.3, -0.25) is 0 Å². The summed E-state index contributed by atoms with van der Waals surface area (Å²) in [5.74, 6) is -4.81. The van der Waals surface area contributed by atoms with E-state index in [9.17, 15) is 83.8 Å².